The number of carbonyl (C=O) groups is 4. The van der Waals surface area contributed by atoms with Crippen LogP contribution in [0.2, 0.25) is 0 Å². The zero-order valence-corrected chi connectivity index (χ0v) is 13.0. The van der Waals surface area contributed by atoms with Crippen LogP contribution >= 0.6 is 11.8 Å². The molecule has 1 fully saturated rings. The Morgan fingerprint density at radius 3 is 2.55 bits per heavy atom. The topological polar surface area (TPSA) is 74.8 Å². The molecule has 2 aliphatic rings. The Balaban J connectivity index is 1.89. The van der Waals surface area contributed by atoms with Crippen LogP contribution in [0.3, 0.4) is 0 Å². The van der Waals surface area contributed by atoms with Crippen molar-refractivity contribution in [2.75, 3.05) is 18.5 Å². The van der Waals surface area contributed by atoms with Crippen LogP contribution < -0.4 is 4.90 Å². The van der Waals surface area contributed by atoms with Crippen LogP contribution in [0.25, 0.3) is 0 Å². The molecule has 0 bridgehead atoms. The lowest BCUT2D eigenvalue weighted by Gasteiger charge is -2.17. The minimum absolute atomic E-state index is 0.0176. The molecule has 0 N–H and O–H groups in total. The van der Waals surface area contributed by atoms with Crippen molar-refractivity contribution in [3.8, 4) is 0 Å². The van der Waals surface area contributed by atoms with E-state index in [9.17, 15) is 19.2 Å². The molecule has 0 saturated carbocycles. The van der Waals surface area contributed by atoms with E-state index < -0.39 is 0 Å². The molecular formula is C15H14N2O4S. The second-order valence-electron chi connectivity index (χ2n) is 5.34. The van der Waals surface area contributed by atoms with Crippen LogP contribution in [0.5, 0.6) is 0 Å². The van der Waals surface area contributed by atoms with Gasteiger partial charge in [-0.1, -0.05) is 11.8 Å². The third-order valence-corrected chi connectivity index (χ3v) is 4.79. The highest BCUT2D eigenvalue weighted by atomic mass is 32.2. The van der Waals surface area contributed by atoms with E-state index in [1.165, 1.54) is 14.0 Å². The molecule has 22 heavy (non-hydrogen) atoms. The van der Waals surface area contributed by atoms with Crippen molar-refractivity contribution < 1.29 is 19.2 Å². The number of anilines is 1. The molecule has 1 aromatic rings. The highest BCUT2D eigenvalue weighted by Crippen LogP contribution is 2.31. The molecule has 2 aliphatic heterocycles. The number of nitrogens with zero attached hydrogens (tertiary/aromatic N) is 2. The van der Waals surface area contributed by atoms with Gasteiger partial charge in [0.2, 0.25) is 5.91 Å². The number of rotatable bonds is 2. The predicted molar refractivity (Wildman–Crippen MR) is 81.9 cm³/mol. The van der Waals surface area contributed by atoms with Gasteiger partial charge in [0.05, 0.1) is 11.1 Å². The van der Waals surface area contributed by atoms with Gasteiger partial charge in [-0.2, -0.15) is 0 Å². The van der Waals surface area contributed by atoms with Gasteiger partial charge in [-0.05, 0) is 18.2 Å². The number of hydrogen-bond donors (Lipinski definition) is 0. The zero-order valence-electron chi connectivity index (χ0n) is 12.2. The molecule has 0 radical (unpaired) electrons. The lowest BCUT2D eigenvalue weighted by atomic mass is 10.1. The first kappa shape index (κ1) is 14.8. The van der Waals surface area contributed by atoms with E-state index in [2.05, 4.69) is 0 Å². The van der Waals surface area contributed by atoms with Crippen molar-refractivity contribution in [3.63, 3.8) is 0 Å². The molecule has 1 aromatic carbocycles. The molecule has 3 rings (SSSR count). The first-order valence-electron chi connectivity index (χ1n) is 6.82. The molecule has 1 unspecified atom stereocenters. The highest BCUT2D eigenvalue weighted by molar-refractivity contribution is 8.14. The first-order valence-corrected chi connectivity index (χ1v) is 7.70. The Kier molecular flexibility index (Phi) is 3.52. The monoisotopic (exact) mass is 318 g/mol. The molecule has 6 nitrogen and oxygen atoms in total. The van der Waals surface area contributed by atoms with Crippen molar-refractivity contribution in [2.45, 2.75) is 18.6 Å². The van der Waals surface area contributed by atoms with Crippen LogP contribution in [0.15, 0.2) is 18.2 Å². The Labute approximate surface area is 131 Å². The van der Waals surface area contributed by atoms with E-state index in [4.69, 9.17) is 0 Å². The largest absolute Gasteiger partial charge is 0.311 e. The van der Waals surface area contributed by atoms with Crippen molar-refractivity contribution in [1.29, 1.82) is 0 Å². The summed E-state index contributed by atoms with van der Waals surface area (Å²) in [5.41, 5.74) is 1.27. The van der Waals surface area contributed by atoms with Crippen LogP contribution in [-0.4, -0.2) is 46.6 Å². The fourth-order valence-electron chi connectivity index (χ4n) is 2.76. The van der Waals surface area contributed by atoms with Gasteiger partial charge in [-0.25, -0.2) is 0 Å². The minimum Gasteiger partial charge on any atom is -0.311 e. The van der Waals surface area contributed by atoms with Gasteiger partial charge in [-0.3, -0.25) is 24.1 Å². The molecule has 1 saturated heterocycles. The van der Waals surface area contributed by atoms with E-state index >= 15 is 0 Å². The first-order chi connectivity index (χ1) is 10.4. The Bertz CT molecular complexity index is 715. The smallest absolute Gasteiger partial charge is 0.261 e. The van der Waals surface area contributed by atoms with Gasteiger partial charge in [0.25, 0.3) is 11.8 Å². The number of imide groups is 1. The second-order valence-corrected chi connectivity index (χ2v) is 6.82. The SMILES string of the molecule is CC(=O)SC1CC(=O)N(c2ccc3c(c2)C(=O)N(C)C3=O)C1. The molecule has 0 aromatic heterocycles. The van der Waals surface area contributed by atoms with E-state index in [0.29, 0.717) is 29.8 Å². The quantitative estimate of drug-likeness (QED) is 0.768. The molecular weight excluding hydrogens is 304 g/mol. The summed E-state index contributed by atoms with van der Waals surface area (Å²) in [7, 11) is 1.44. The van der Waals surface area contributed by atoms with E-state index in [0.717, 1.165) is 16.7 Å². The average molecular weight is 318 g/mol. The Morgan fingerprint density at radius 2 is 1.86 bits per heavy atom. The molecule has 0 spiro atoms. The molecule has 3 amide bonds. The maximum atomic E-state index is 12.1. The van der Waals surface area contributed by atoms with Crippen molar-refractivity contribution in [3.05, 3.63) is 29.3 Å². The van der Waals surface area contributed by atoms with Gasteiger partial charge >= 0.3 is 0 Å². The van der Waals surface area contributed by atoms with Crippen molar-refractivity contribution in [2.24, 2.45) is 0 Å². The number of hydrogen-bond acceptors (Lipinski definition) is 5. The fraction of sp³-hybridized carbons (Fsp3) is 0.333. The summed E-state index contributed by atoms with van der Waals surface area (Å²) in [4.78, 5) is 49.8. The fourth-order valence-corrected chi connectivity index (χ4v) is 3.67. The number of amides is 3. The number of carbonyl (C=O) groups excluding carboxylic acids is 4. The van der Waals surface area contributed by atoms with Crippen molar-refractivity contribution >= 4 is 40.3 Å². The summed E-state index contributed by atoms with van der Waals surface area (Å²) < 4.78 is 0. The van der Waals surface area contributed by atoms with Crippen LogP contribution in [0.4, 0.5) is 5.69 Å². The normalized spacial score (nSPS) is 20.8. The maximum Gasteiger partial charge on any atom is 0.261 e. The van der Waals surface area contributed by atoms with Gasteiger partial charge in [-0.15, -0.1) is 0 Å². The van der Waals surface area contributed by atoms with Crippen molar-refractivity contribution in [1.82, 2.24) is 4.90 Å². The van der Waals surface area contributed by atoms with E-state index in [1.807, 2.05) is 0 Å². The highest BCUT2D eigenvalue weighted by Gasteiger charge is 2.36. The molecule has 7 heteroatoms. The molecule has 0 aliphatic carbocycles. The summed E-state index contributed by atoms with van der Waals surface area (Å²) in [6.45, 7) is 1.91. The van der Waals surface area contributed by atoms with Gasteiger partial charge in [0, 0.05) is 37.9 Å². The number of benzene rings is 1. The molecule has 2 heterocycles. The van der Waals surface area contributed by atoms with Gasteiger partial charge < -0.3 is 4.90 Å². The number of fused-ring (bicyclic) bond motifs is 1. The second kappa shape index (κ2) is 5.24. The average Bonchev–Trinajstić information content (AvgIpc) is 2.92. The summed E-state index contributed by atoms with van der Waals surface area (Å²) in [6, 6.07) is 4.83. The third kappa shape index (κ3) is 2.31. The van der Waals surface area contributed by atoms with Crippen LogP contribution in [-0.2, 0) is 9.59 Å². The Hall–Kier alpha value is -2.15. The third-order valence-electron chi connectivity index (χ3n) is 3.81. The Morgan fingerprint density at radius 1 is 1.18 bits per heavy atom. The van der Waals surface area contributed by atoms with Crippen LogP contribution in [0, 0.1) is 0 Å². The minimum atomic E-state index is -0.358. The zero-order chi connectivity index (χ0) is 16.0. The summed E-state index contributed by atoms with van der Waals surface area (Å²) in [5.74, 6) is -0.767. The number of thioether (sulfide) groups is 1. The maximum absolute atomic E-state index is 12.1. The summed E-state index contributed by atoms with van der Waals surface area (Å²) in [6.07, 6.45) is 0.300. The lowest BCUT2D eigenvalue weighted by Crippen LogP contribution is -2.25. The van der Waals surface area contributed by atoms with Gasteiger partial charge in [0.1, 0.15) is 0 Å². The summed E-state index contributed by atoms with van der Waals surface area (Å²) in [5, 5.41) is -0.0886. The summed E-state index contributed by atoms with van der Waals surface area (Å²) >= 11 is 1.16. The van der Waals surface area contributed by atoms with E-state index in [-0.39, 0.29) is 28.1 Å². The standard InChI is InChI=1S/C15H14N2O4S/c1-8(18)22-10-6-13(19)17(7-10)9-3-4-11-12(5-9)15(21)16(2)14(11)20/h3-5,10H,6-7H2,1-2H3. The molecule has 114 valence electrons. The van der Waals surface area contributed by atoms with Gasteiger partial charge in [0.15, 0.2) is 5.12 Å². The van der Waals surface area contributed by atoms with E-state index in [1.54, 1.807) is 23.1 Å². The lowest BCUT2D eigenvalue weighted by molar-refractivity contribution is -0.117. The molecule has 1 atom stereocenters. The van der Waals surface area contributed by atoms with Crippen LogP contribution in [0.1, 0.15) is 34.1 Å². The predicted octanol–water partition coefficient (Wildman–Crippen LogP) is 1.30.